The van der Waals surface area contributed by atoms with Crippen LogP contribution in [0.25, 0.3) is 0 Å². The predicted molar refractivity (Wildman–Crippen MR) is 128 cm³/mol. The number of likely N-dealkylation sites (tertiary alicyclic amines) is 1. The van der Waals surface area contributed by atoms with Gasteiger partial charge in [-0.3, -0.25) is 9.59 Å². The Hall–Kier alpha value is -2.15. The molecular weight excluding hydrogens is 418 g/mol. The van der Waals surface area contributed by atoms with Crippen molar-refractivity contribution >= 4 is 11.9 Å². The lowest BCUT2D eigenvalue weighted by Gasteiger charge is -2.37. The molecule has 1 saturated heterocycles. The minimum Gasteiger partial charge on any atom is -0.458 e. The number of aryl methyl sites for hydroxylation is 1. The summed E-state index contributed by atoms with van der Waals surface area (Å²) < 4.78 is 7.33. The highest BCUT2D eigenvalue weighted by Crippen LogP contribution is 2.48. The molecule has 0 bridgehead atoms. The third kappa shape index (κ3) is 5.18. The van der Waals surface area contributed by atoms with Crippen LogP contribution in [0.1, 0.15) is 85.3 Å². The standard InChI is InChI=1S/C26H41N3O4/c1-25(2,3)18-19(27)20(17-14-11-15-28(7)23(17)31)29(21(18)24(32)33-26(4,5)6)22(30)16-12-9-8-10-13-16/h11,14-16,18-21H,8-10,12-13,27H2,1-7H3/t18-,19-,20-,21-/m0/s1. The number of carbonyl (C=O) groups is 2. The van der Waals surface area contributed by atoms with E-state index in [1.165, 1.54) is 4.57 Å². The molecule has 0 aromatic carbocycles. The fourth-order valence-corrected chi connectivity index (χ4v) is 5.65. The molecule has 0 unspecified atom stereocenters. The summed E-state index contributed by atoms with van der Waals surface area (Å²) in [4.78, 5) is 42.5. The van der Waals surface area contributed by atoms with Crippen molar-refractivity contribution in [2.75, 3.05) is 0 Å². The number of ether oxygens (including phenoxy) is 1. The molecule has 1 aliphatic carbocycles. The van der Waals surface area contributed by atoms with Gasteiger partial charge in [0.05, 0.1) is 6.04 Å². The van der Waals surface area contributed by atoms with Crippen molar-refractivity contribution < 1.29 is 14.3 Å². The molecule has 2 fully saturated rings. The summed E-state index contributed by atoms with van der Waals surface area (Å²) in [6.45, 7) is 11.6. The summed E-state index contributed by atoms with van der Waals surface area (Å²) in [5, 5.41) is 0. The summed E-state index contributed by atoms with van der Waals surface area (Å²) >= 11 is 0. The van der Waals surface area contributed by atoms with Crippen molar-refractivity contribution in [1.82, 2.24) is 9.47 Å². The van der Waals surface area contributed by atoms with Crippen molar-refractivity contribution in [3.63, 3.8) is 0 Å². The maximum absolute atomic E-state index is 14.0. The first-order valence-electron chi connectivity index (χ1n) is 12.2. The SMILES string of the molecule is Cn1cccc([C@H]2[C@@H](N)[C@H](C(C)(C)C)[C@@H](C(=O)OC(C)(C)C)N2C(=O)C2CCCCC2)c1=O. The van der Waals surface area contributed by atoms with Gasteiger partial charge < -0.3 is 19.9 Å². The van der Waals surface area contributed by atoms with Gasteiger partial charge in [-0.05, 0) is 51.2 Å². The van der Waals surface area contributed by atoms with Gasteiger partial charge in [-0.25, -0.2) is 4.79 Å². The lowest BCUT2D eigenvalue weighted by atomic mass is 9.73. The molecule has 2 aliphatic rings. The van der Waals surface area contributed by atoms with Gasteiger partial charge in [0, 0.05) is 36.7 Å². The highest BCUT2D eigenvalue weighted by Gasteiger charge is 2.58. The second-order valence-electron chi connectivity index (χ2n) is 11.9. The fourth-order valence-electron chi connectivity index (χ4n) is 5.65. The molecule has 1 amide bonds. The second-order valence-corrected chi connectivity index (χ2v) is 11.9. The largest absolute Gasteiger partial charge is 0.458 e. The van der Waals surface area contributed by atoms with E-state index in [4.69, 9.17) is 10.5 Å². The van der Waals surface area contributed by atoms with Gasteiger partial charge in [-0.1, -0.05) is 40.0 Å². The number of nitrogens with two attached hydrogens (primary N) is 1. The fraction of sp³-hybridized carbons (Fsp3) is 0.731. The number of pyridine rings is 1. The van der Waals surface area contributed by atoms with Gasteiger partial charge in [0.15, 0.2) is 0 Å². The maximum atomic E-state index is 14.0. The number of aromatic nitrogens is 1. The number of hydrogen-bond acceptors (Lipinski definition) is 5. The van der Waals surface area contributed by atoms with E-state index in [0.29, 0.717) is 5.56 Å². The van der Waals surface area contributed by atoms with Crippen molar-refractivity contribution in [2.24, 2.45) is 30.0 Å². The van der Waals surface area contributed by atoms with E-state index in [2.05, 4.69) is 0 Å². The van der Waals surface area contributed by atoms with Crippen molar-refractivity contribution in [3.8, 4) is 0 Å². The van der Waals surface area contributed by atoms with Crippen molar-refractivity contribution in [1.29, 1.82) is 0 Å². The Kier molecular flexibility index (Phi) is 7.13. The topological polar surface area (TPSA) is 94.6 Å². The van der Waals surface area contributed by atoms with E-state index < -0.39 is 29.7 Å². The molecule has 1 aromatic heterocycles. The molecule has 2 N–H and O–H groups in total. The molecule has 1 saturated carbocycles. The summed E-state index contributed by atoms with van der Waals surface area (Å²) in [6.07, 6.45) is 6.39. The predicted octanol–water partition coefficient (Wildman–Crippen LogP) is 3.55. The zero-order chi connectivity index (χ0) is 24.7. The molecule has 3 rings (SSSR count). The zero-order valence-corrected chi connectivity index (χ0v) is 21.3. The zero-order valence-electron chi connectivity index (χ0n) is 21.3. The van der Waals surface area contributed by atoms with Crippen LogP contribution < -0.4 is 11.3 Å². The van der Waals surface area contributed by atoms with E-state index >= 15 is 0 Å². The summed E-state index contributed by atoms with van der Waals surface area (Å²) in [7, 11) is 1.69. The van der Waals surface area contributed by atoms with Crippen LogP contribution in [-0.2, 0) is 21.4 Å². The van der Waals surface area contributed by atoms with Crippen LogP contribution >= 0.6 is 0 Å². The number of amides is 1. The lowest BCUT2D eigenvalue weighted by molar-refractivity contribution is -0.168. The maximum Gasteiger partial charge on any atom is 0.329 e. The van der Waals surface area contributed by atoms with Gasteiger partial charge in [0.2, 0.25) is 5.91 Å². The molecule has 0 radical (unpaired) electrons. The van der Waals surface area contributed by atoms with Crippen LogP contribution in [0, 0.1) is 17.3 Å². The van der Waals surface area contributed by atoms with Crippen LogP contribution in [0.2, 0.25) is 0 Å². The number of nitrogens with zero attached hydrogens (tertiary/aromatic N) is 2. The molecule has 0 spiro atoms. The second kappa shape index (κ2) is 9.24. The molecule has 4 atom stereocenters. The highest BCUT2D eigenvalue weighted by molar-refractivity contribution is 5.88. The molecule has 33 heavy (non-hydrogen) atoms. The van der Waals surface area contributed by atoms with Gasteiger partial charge in [0.25, 0.3) is 5.56 Å². The van der Waals surface area contributed by atoms with E-state index in [1.807, 2.05) is 41.5 Å². The molecule has 184 valence electrons. The first kappa shape index (κ1) is 25.5. The molecule has 7 heteroatoms. The van der Waals surface area contributed by atoms with Gasteiger partial charge in [-0.2, -0.15) is 0 Å². The Morgan fingerprint density at radius 3 is 2.21 bits per heavy atom. The Bertz CT molecular complexity index is 934. The van der Waals surface area contributed by atoms with E-state index in [9.17, 15) is 14.4 Å². The Labute approximate surface area is 197 Å². The quantitative estimate of drug-likeness (QED) is 0.698. The van der Waals surface area contributed by atoms with Crippen molar-refractivity contribution in [2.45, 2.75) is 97.4 Å². The molecule has 1 aromatic rings. The van der Waals surface area contributed by atoms with E-state index in [1.54, 1.807) is 30.3 Å². The minimum absolute atomic E-state index is 0.0799. The van der Waals surface area contributed by atoms with Gasteiger partial charge in [-0.15, -0.1) is 0 Å². The van der Waals surface area contributed by atoms with Gasteiger partial charge >= 0.3 is 5.97 Å². The highest BCUT2D eigenvalue weighted by atomic mass is 16.6. The Balaban J connectivity index is 2.19. The third-order valence-electron chi connectivity index (χ3n) is 7.05. The summed E-state index contributed by atoms with van der Waals surface area (Å²) in [5.74, 6) is -1.06. The first-order valence-corrected chi connectivity index (χ1v) is 12.2. The van der Waals surface area contributed by atoms with Crippen LogP contribution in [-0.4, -0.2) is 39.0 Å². The van der Waals surface area contributed by atoms with Crippen LogP contribution in [0.15, 0.2) is 23.1 Å². The number of esters is 1. The number of carbonyl (C=O) groups excluding carboxylic acids is 2. The molecule has 2 heterocycles. The lowest BCUT2D eigenvalue weighted by Crippen LogP contribution is -2.51. The van der Waals surface area contributed by atoms with E-state index in [0.717, 1.165) is 32.1 Å². The minimum atomic E-state index is -0.844. The normalized spacial score (nSPS) is 27.0. The number of rotatable bonds is 3. The molecule has 7 nitrogen and oxygen atoms in total. The Morgan fingerprint density at radius 1 is 1.06 bits per heavy atom. The smallest absolute Gasteiger partial charge is 0.329 e. The monoisotopic (exact) mass is 459 g/mol. The van der Waals surface area contributed by atoms with Gasteiger partial charge in [0.1, 0.15) is 11.6 Å². The van der Waals surface area contributed by atoms with Crippen LogP contribution in [0.5, 0.6) is 0 Å². The van der Waals surface area contributed by atoms with Crippen LogP contribution in [0.3, 0.4) is 0 Å². The number of hydrogen-bond donors (Lipinski definition) is 1. The molecular formula is C26H41N3O4. The third-order valence-corrected chi connectivity index (χ3v) is 7.05. The van der Waals surface area contributed by atoms with Crippen LogP contribution in [0.4, 0.5) is 0 Å². The summed E-state index contributed by atoms with van der Waals surface area (Å²) in [6, 6.07) is 1.43. The van der Waals surface area contributed by atoms with Crippen molar-refractivity contribution in [3.05, 3.63) is 34.2 Å². The molecule has 1 aliphatic heterocycles. The van der Waals surface area contributed by atoms with E-state index in [-0.39, 0.29) is 28.7 Å². The average Bonchev–Trinajstić information content (AvgIpc) is 3.02. The Morgan fingerprint density at radius 2 is 1.67 bits per heavy atom. The first-order chi connectivity index (χ1) is 15.2. The average molecular weight is 460 g/mol. The summed E-state index contributed by atoms with van der Waals surface area (Å²) in [5.41, 5.74) is 6.03.